The van der Waals surface area contributed by atoms with Crippen LogP contribution in [-0.4, -0.2) is 14.8 Å². The van der Waals surface area contributed by atoms with Gasteiger partial charge in [0.25, 0.3) is 0 Å². The van der Waals surface area contributed by atoms with Gasteiger partial charge in [0.1, 0.15) is 0 Å². The fourth-order valence-electron chi connectivity index (χ4n) is 0. The molecule has 0 bridgehead atoms. The van der Waals surface area contributed by atoms with Crippen LogP contribution in [0.15, 0.2) is 0 Å². The number of rotatable bonds is 0. The van der Waals surface area contributed by atoms with E-state index >= 15 is 0 Å². The van der Waals surface area contributed by atoms with Gasteiger partial charge < -0.3 is 21.9 Å². The van der Waals surface area contributed by atoms with Crippen LogP contribution in [-0.2, 0) is 47.1 Å². The summed E-state index contributed by atoms with van der Waals surface area (Å²) in [5.74, 6) is 0. The molecule has 0 aromatic carbocycles. The molecule has 0 aliphatic rings. The van der Waals surface area contributed by atoms with Crippen LogP contribution in [0.25, 0.3) is 0 Å². The predicted octanol–water partition coefficient (Wildman–Crippen LogP) is -1.15. The van der Waals surface area contributed by atoms with Gasteiger partial charge in [-0.1, -0.05) is 0 Å². The van der Waals surface area contributed by atoms with Crippen molar-refractivity contribution in [3.8, 4) is 0 Å². The molecule has 0 atom stereocenters. The first-order valence-electron chi connectivity index (χ1n) is 0.408. The van der Waals surface area contributed by atoms with Crippen molar-refractivity contribution in [3.63, 3.8) is 0 Å². The Morgan fingerprint density at radius 3 is 0.889 bits per heavy atom. The Morgan fingerprint density at radius 2 is 0.889 bits per heavy atom. The van der Waals surface area contributed by atoms with Crippen molar-refractivity contribution in [1.82, 2.24) is 0 Å². The van der Waals surface area contributed by atoms with Gasteiger partial charge in [-0.3, -0.25) is 8.92 Å². The molecular formula is HCeO6SiTi. The molecule has 0 rings (SSSR count). The van der Waals surface area contributed by atoms with Crippen LogP contribution in [0.4, 0.5) is 0 Å². The van der Waals surface area contributed by atoms with Gasteiger partial charge in [0.15, 0.2) is 0 Å². The third-order valence-corrected chi connectivity index (χ3v) is 0. The summed E-state index contributed by atoms with van der Waals surface area (Å²) in [4.78, 5) is 0. The molecule has 0 saturated heterocycles. The molecule has 0 spiro atoms. The fourth-order valence-corrected chi connectivity index (χ4v) is 0. The third kappa shape index (κ3) is 192. The molecule has 0 unspecified atom stereocenters. The molecule has 0 aliphatic carbocycles. The van der Waals surface area contributed by atoms with Gasteiger partial charge in [-0.15, -0.1) is 0 Å². The van der Waals surface area contributed by atoms with E-state index in [1.807, 2.05) is 0 Å². The molecular weight excluding hydrogens is 312 g/mol. The normalized spacial score (nSPS) is 0.889. The Bertz CT molecular complexity index is 34.0. The summed E-state index contributed by atoms with van der Waals surface area (Å²) in [6.45, 7) is 0. The average molecular weight is 313 g/mol. The second-order valence-electron chi connectivity index (χ2n) is 0.0833. The van der Waals surface area contributed by atoms with Gasteiger partial charge in [0, 0.05) is 0 Å². The molecule has 0 fully saturated rings. The van der Waals surface area contributed by atoms with E-state index in [0.29, 0.717) is 0 Å². The first-order valence-corrected chi connectivity index (χ1v) is 1.22. The van der Waals surface area contributed by atoms with E-state index in [-0.39, 0.29) is 85.4 Å². The zero-order valence-electron chi connectivity index (χ0n) is 3.99. The minimum absolute atomic E-state index is 0. The van der Waals surface area contributed by atoms with Gasteiger partial charge in [0.05, 0.1) is 0 Å². The van der Waals surface area contributed by atoms with Gasteiger partial charge in [-0.25, -0.2) is 0 Å². The quantitative estimate of drug-likeness (QED) is 0.519. The zero-order valence-corrected chi connectivity index (χ0v) is 9.69. The minimum Gasteiger partial charge on any atom is -2.00 e. The average Bonchev–Trinajstić information content (AvgIpc) is 0.918. The zero-order chi connectivity index (χ0) is 2.71. The van der Waals surface area contributed by atoms with Crippen LogP contribution in [0.2, 0.25) is 0 Å². The third-order valence-electron chi connectivity index (χ3n) is 0. The standard InChI is InChI=1S/Ce.O2Si.H2O.3O.Ti/c;1-3-2;;;;;/h;;1H2;;;;/q+3;;;3*-2;+4/p-1. The van der Waals surface area contributed by atoms with Crippen LogP contribution < -0.4 is 0 Å². The maximum atomic E-state index is 8.40. The first-order chi connectivity index (χ1) is 1.41. The summed E-state index contributed by atoms with van der Waals surface area (Å²) in [6.07, 6.45) is 0. The molecule has 0 amide bonds. The maximum Gasteiger partial charge on any atom is 4.00 e. The van der Waals surface area contributed by atoms with E-state index in [0.717, 1.165) is 0 Å². The summed E-state index contributed by atoms with van der Waals surface area (Å²) < 4.78 is 16.8. The van der Waals surface area contributed by atoms with Crippen molar-refractivity contribution in [2.75, 3.05) is 0 Å². The topological polar surface area (TPSA) is 150 Å². The smallest absolute Gasteiger partial charge is 2.00 e. The summed E-state index contributed by atoms with van der Waals surface area (Å²) in [5, 5.41) is 0. The summed E-state index contributed by atoms with van der Waals surface area (Å²) >= 11 is 0. The molecule has 9 heavy (non-hydrogen) atoms. The number of hydrogen-bond donors (Lipinski definition) is 0. The first kappa shape index (κ1) is 72.7. The van der Waals surface area contributed by atoms with Crippen molar-refractivity contribution in [3.05, 3.63) is 0 Å². The molecule has 6 nitrogen and oxygen atoms in total. The molecule has 49 valence electrons. The monoisotopic (exact) mass is 313 g/mol. The van der Waals surface area contributed by atoms with Crippen LogP contribution in [0.3, 0.4) is 0 Å². The molecule has 0 saturated carbocycles. The van der Waals surface area contributed by atoms with Crippen molar-refractivity contribution in [2.24, 2.45) is 0 Å². The Balaban J connectivity index is -0.00000000133. The predicted molar refractivity (Wildman–Crippen MR) is 11.1 cm³/mol. The summed E-state index contributed by atoms with van der Waals surface area (Å²) in [7, 11) is -1.42. The fraction of sp³-hybridized carbons (Fsp3) is 0. The van der Waals surface area contributed by atoms with Gasteiger partial charge in [-0.2, -0.15) is 0 Å². The molecule has 0 aliphatic heterocycles. The van der Waals surface area contributed by atoms with Crippen LogP contribution in [0.1, 0.15) is 0 Å². The Kier molecular flexibility index (Phi) is 798. The van der Waals surface area contributed by atoms with Crippen molar-refractivity contribution in [1.29, 1.82) is 0 Å². The maximum absolute atomic E-state index is 8.40. The largest absolute Gasteiger partial charge is 4.00 e. The van der Waals surface area contributed by atoms with E-state index in [1.165, 1.54) is 0 Å². The van der Waals surface area contributed by atoms with Crippen molar-refractivity contribution in [2.45, 2.75) is 0 Å². The van der Waals surface area contributed by atoms with Gasteiger partial charge in [0.2, 0.25) is 0 Å². The van der Waals surface area contributed by atoms with Gasteiger partial charge >= 0.3 is 72.8 Å². The van der Waals surface area contributed by atoms with Crippen LogP contribution in [0.5, 0.6) is 0 Å². The van der Waals surface area contributed by atoms with Gasteiger partial charge in [-0.05, 0) is 0 Å². The number of hydrogen-bond acceptors (Lipinski definition) is 3. The molecule has 0 aromatic rings. The second kappa shape index (κ2) is 98.8. The molecule has 0 heterocycles. The van der Waals surface area contributed by atoms with Crippen molar-refractivity contribution >= 4 is 9.29 Å². The molecule has 9 heteroatoms. The second-order valence-corrected chi connectivity index (χ2v) is 0.250. The molecule has 1 radical (unpaired) electrons. The molecule has 1 N–H and O–H groups in total. The summed E-state index contributed by atoms with van der Waals surface area (Å²) in [5.41, 5.74) is 0. The van der Waals surface area contributed by atoms with E-state index in [2.05, 4.69) is 0 Å². The Morgan fingerprint density at radius 1 is 0.889 bits per heavy atom. The van der Waals surface area contributed by atoms with Crippen LogP contribution in [0, 0.1) is 41.7 Å². The minimum atomic E-state index is -1.42. The van der Waals surface area contributed by atoms with E-state index in [9.17, 15) is 0 Å². The molecule has 0 aromatic heterocycles. The summed E-state index contributed by atoms with van der Waals surface area (Å²) in [6, 6.07) is 0. The van der Waals surface area contributed by atoms with Crippen LogP contribution >= 0.6 is 0 Å². The van der Waals surface area contributed by atoms with Crippen molar-refractivity contribution < 1.29 is 94.3 Å². The van der Waals surface area contributed by atoms with E-state index in [1.54, 1.807) is 0 Å². The SMILES string of the molecule is O=[Si]=O.[Ce+3].[O-2].[O-2].[O-2].[OH-].[Ti+4]. The Labute approximate surface area is 102 Å². The van der Waals surface area contributed by atoms with E-state index < -0.39 is 9.29 Å². The Hall–Kier alpha value is 1.75. The van der Waals surface area contributed by atoms with E-state index in [4.69, 9.17) is 8.92 Å².